The summed E-state index contributed by atoms with van der Waals surface area (Å²) in [6.45, 7) is 27.7. The Labute approximate surface area is 554 Å². The largest absolute Gasteiger partial charge is 0.391 e. The van der Waals surface area contributed by atoms with E-state index in [1.807, 2.05) is 41.5 Å². The van der Waals surface area contributed by atoms with Crippen LogP contribution in [0.15, 0.2) is 12.2 Å². The van der Waals surface area contributed by atoms with E-state index in [1.165, 1.54) is 101 Å². The third-order valence-electron chi connectivity index (χ3n) is 17.2. The van der Waals surface area contributed by atoms with Gasteiger partial charge in [-0.2, -0.15) is 11.8 Å². The van der Waals surface area contributed by atoms with Crippen molar-refractivity contribution in [1.29, 1.82) is 0 Å². The SMILES string of the molecule is C/C=C/C[C@@H](C)[C@@H](O)[C@H]1C(=O)N[C@@H](CC)C(=O)N(C)[C@H](CSCCCCOC)C(=O)N(C)[C@@H](C(C)O)C(=O)N[C@@H](C(C)C)C(=O)N(C)[C@@H](CC(C)C)C(=O)N[C@@H](C)C(=O)N[C@H](C)C(=O)N(C)[C@@H](CC(C)C)C(=O)N(C)[C@@H](CC(C)C)C(=O)N(C)[C@@H](C(C)C)C(=O)N1C. The summed E-state index contributed by atoms with van der Waals surface area (Å²) >= 11 is 1.35. The van der Waals surface area contributed by atoms with Gasteiger partial charge in [0.1, 0.15) is 66.5 Å². The molecule has 0 radical (unpaired) electrons. The molecule has 26 heteroatoms. The molecule has 0 aromatic carbocycles. The monoisotopic (exact) mass is 1320 g/mol. The van der Waals surface area contributed by atoms with Crippen molar-refractivity contribution in [3.63, 3.8) is 0 Å². The van der Waals surface area contributed by atoms with Gasteiger partial charge in [0, 0.05) is 68.8 Å². The average molecular weight is 1320 g/mol. The molecule has 0 aromatic heterocycles. The van der Waals surface area contributed by atoms with Crippen LogP contribution in [-0.4, -0.2) is 263 Å². The molecule has 1 rings (SSSR count). The lowest BCUT2D eigenvalue weighted by Gasteiger charge is -2.41. The zero-order valence-corrected chi connectivity index (χ0v) is 60.8. The molecule has 1 saturated heterocycles. The van der Waals surface area contributed by atoms with Crippen molar-refractivity contribution in [2.24, 2.45) is 35.5 Å². The second kappa shape index (κ2) is 39.8. The van der Waals surface area contributed by atoms with Gasteiger partial charge in [-0.3, -0.25) is 52.7 Å². The molecular formula is C66H119N11O14S. The zero-order chi connectivity index (χ0) is 71.1. The number of methoxy groups -OCH3 is 1. The van der Waals surface area contributed by atoms with E-state index in [-0.39, 0.29) is 55.6 Å². The van der Waals surface area contributed by atoms with Crippen molar-refractivity contribution in [2.75, 3.05) is 74.6 Å². The number of aliphatic hydroxyl groups is 2. The summed E-state index contributed by atoms with van der Waals surface area (Å²) in [5.41, 5.74) is 0. The van der Waals surface area contributed by atoms with Crippen LogP contribution < -0.4 is 21.3 Å². The molecule has 25 nitrogen and oxygen atoms in total. The number of likely N-dealkylation sites (N-methyl/N-ethyl adjacent to an activating group) is 7. The number of ether oxygens (including phenoxy) is 1. The van der Waals surface area contributed by atoms with Gasteiger partial charge in [0.15, 0.2) is 0 Å². The van der Waals surface area contributed by atoms with Gasteiger partial charge in [-0.1, -0.05) is 95.2 Å². The number of nitrogens with one attached hydrogen (secondary N) is 4. The van der Waals surface area contributed by atoms with Crippen LogP contribution in [0.3, 0.4) is 0 Å². The van der Waals surface area contributed by atoms with Gasteiger partial charge in [-0.15, -0.1) is 0 Å². The highest BCUT2D eigenvalue weighted by Crippen LogP contribution is 2.26. The van der Waals surface area contributed by atoms with E-state index < -0.39 is 161 Å². The summed E-state index contributed by atoms with van der Waals surface area (Å²) in [6, 6.07) is -14.7. The number of carbonyl (C=O) groups is 11. The van der Waals surface area contributed by atoms with E-state index in [0.29, 0.717) is 25.2 Å². The van der Waals surface area contributed by atoms with Crippen LogP contribution in [0.25, 0.3) is 0 Å². The first-order valence-electron chi connectivity index (χ1n) is 32.8. The summed E-state index contributed by atoms with van der Waals surface area (Å²) in [6.07, 6.45) is 2.50. The molecule has 1 aliphatic rings. The first-order chi connectivity index (χ1) is 42.7. The Bertz CT molecular complexity index is 2480. The molecule has 528 valence electrons. The molecule has 1 fully saturated rings. The number of unbranched alkanes of at least 4 members (excludes halogenated alkanes) is 1. The fourth-order valence-electron chi connectivity index (χ4n) is 11.4. The smallest absolute Gasteiger partial charge is 0.246 e. The molecule has 0 spiro atoms. The predicted octanol–water partition coefficient (Wildman–Crippen LogP) is 3.13. The minimum Gasteiger partial charge on any atom is -0.391 e. The number of thioether (sulfide) groups is 1. The fraction of sp³-hybridized carbons (Fsp3) is 0.803. The first kappa shape index (κ1) is 84.2. The standard InChI is InChI=1S/C66H119N11O14S/c1-25-27-30-42(13)55(79)54-59(83)69-46(26-2)61(85)74(20)50(36-92-32-29-28-31-91-24)64(88)76(22)53(45(16)78)58(82)70-51(40(9)10)65(89)71(17)47(33-37(3)4)57(81)67-43(14)56(80)68-44(15)60(84)72(18)48(34-38(5)6)62(86)73(19)49(35-39(7)8)63(87)75(21)52(41(11)12)66(90)77(54)23/h25,27,37-55,78-79H,26,28-36H2,1-24H3,(H,67,81)(H,68,80)(H,69,83)(H,70,82)/b27-25+/t42-,43+,44-,45?,46+,47+,48+,49+,50-,51+,52+,53+,54+,55-/m1/s1. The van der Waals surface area contributed by atoms with E-state index in [4.69, 9.17) is 4.74 Å². The van der Waals surface area contributed by atoms with Crippen LogP contribution in [0, 0.1) is 35.5 Å². The van der Waals surface area contributed by atoms with Crippen LogP contribution in [0.5, 0.6) is 0 Å². The van der Waals surface area contributed by atoms with Crippen molar-refractivity contribution in [1.82, 2.24) is 55.6 Å². The summed E-state index contributed by atoms with van der Waals surface area (Å²) in [7, 11) is 11.3. The molecule has 92 heavy (non-hydrogen) atoms. The summed E-state index contributed by atoms with van der Waals surface area (Å²) in [5.74, 6) is -10.0. The second-order valence-electron chi connectivity index (χ2n) is 27.1. The summed E-state index contributed by atoms with van der Waals surface area (Å²) < 4.78 is 5.23. The number of aliphatic hydroxyl groups excluding tert-OH is 2. The molecule has 0 aliphatic carbocycles. The second-order valence-corrected chi connectivity index (χ2v) is 28.3. The quantitative estimate of drug-likeness (QED) is 0.0711. The maximum atomic E-state index is 15.3. The topological polar surface area (TPSA) is 308 Å². The molecule has 0 aromatic rings. The molecule has 0 saturated carbocycles. The maximum Gasteiger partial charge on any atom is 0.246 e. The van der Waals surface area contributed by atoms with Gasteiger partial charge < -0.3 is 70.5 Å². The Kier molecular flexibility index (Phi) is 36.4. The number of nitrogens with zero attached hydrogens (tertiary/aromatic N) is 7. The van der Waals surface area contributed by atoms with Crippen molar-refractivity contribution in [3.05, 3.63) is 12.2 Å². The van der Waals surface area contributed by atoms with Crippen LogP contribution in [0.1, 0.15) is 156 Å². The lowest BCUT2D eigenvalue weighted by molar-refractivity contribution is -0.157. The Morgan fingerprint density at radius 3 is 1.41 bits per heavy atom. The third kappa shape index (κ3) is 23.9. The van der Waals surface area contributed by atoms with Gasteiger partial charge in [0.2, 0.25) is 65.0 Å². The van der Waals surface area contributed by atoms with Crippen molar-refractivity contribution >= 4 is 76.7 Å². The van der Waals surface area contributed by atoms with E-state index >= 15 is 28.8 Å². The Morgan fingerprint density at radius 2 is 0.935 bits per heavy atom. The predicted molar refractivity (Wildman–Crippen MR) is 358 cm³/mol. The Balaban J connectivity index is 4.50. The molecule has 1 aliphatic heterocycles. The lowest BCUT2D eigenvalue weighted by Crippen LogP contribution is -2.64. The van der Waals surface area contributed by atoms with Gasteiger partial charge in [0.05, 0.1) is 12.2 Å². The molecular weight excluding hydrogens is 1200 g/mol. The van der Waals surface area contributed by atoms with Crippen molar-refractivity contribution in [2.45, 2.75) is 234 Å². The Morgan fingerprint density at radius 1 is 0.489 bits per heavy atom. The minimum absolute atomic E-state index is 0.00697. The summed E-state index contributed by atoms with van der Waals surface area (Å²) in [4.78, 5) is 171. The number of amides is 11. The Hall–Kier alpha value is -5.86. The first-order valence-corrected chi connectivity index (χ1v) is 34.0. The van der Waals surface area contributed by atoms with Gasteiger partial charge >= 0.3 is 0 Å². The normalized spacial score (nSPS) is 26.9. The van der Waals surface area contributed by atoms with E-state index in [1.54, 1.807) is 67.7 Å². The number of allylic oxidation sites excluding steroid dienone is 2. The molecule has 14 atom stereocenters. The highest BCUT2D eigenvalue weighted by Gasteiger charge is 2.47. The van der Waals surface area contributed by atoms with E-state index in [0.717, 1.165) is 14.7 Å². The average Bonchev–Trinajstić information content (AvgIpc) is 0.840. The molecule has 11 amide bonds. The van der Waals surface area contributed by atoms with Gasteiger partial charge in [-0.05, 0) is 114 Å². The highest BCUT2D eigenvalue weighted by atomic mass is 32.2. The van der Waals surface area contributed by atoms with Crippen molar-refractivity contribution in [3.8, 4) is 0 Å². The van der Waals surface area contributed by atoms with Crippen LogP contribution in [0.2, 0.25) is 0 Å². The number of hydrogen-bond donors (Lipinski definition) is 6. The molecule has 6 N–H and O–H groups in total. The van der Waals surface area contributed by atoms with E-state index in [2.05, 4.69) is 21.3 Å². The minimum atomic E-state index is -1.66. The third-order valence-corrected chi connectivity index (χ3v) is 18.4. The number of hydrogen-bond acceptors (Lipinski definition) is 15. The molecule has 1 heterocycles. The molecule has 0 bridgehead atoms. The number of rotatable bonds is 21. The van der Waals surface area contributed by atoms with Crippen molar-refractivity contribution < 1.29 is 67.7 Å². The molecule has 1 unspecified atom stereocenters. The van der Waals surface area contributed by atoms with Gasteiger partial charge in [0.25, 0.3) is 0 Å². The lowest BCUT2D eigenvalue weighted by atomic mass is 9.91. The van der Waals surface area contributed by atoms with Crippen LogP contribution in [-0.2, 0) is 57.5 Å². The highest BCUT2D eigenvalue weighted by molar-refractivity contribution is 7.99. The van der Waals surface area contributed by atoms with E-state index in [9.17, 15) is 34.2 Å². The van der Waals surface area contributed by atoms with Crippen LogP contribution >= 0.6 is 11.8 Å². The van der Waals surface area contributed by atoms with Gasteiger partial charge in [-0.25, -0.2) is 0 Å². The fourth-order valence-corrected chi connectivity index (χ4v) is 12.6. The summed E-state index contributed by atoms with van der Waals surface area (Å²) in [5, 5.41) is 34.5. The number of carbonyl (C=O) groups excluding carboxylic acids is 11. The zero-order valence-electron chi connectivity index (χ0n) is 60.0. The maximum absolute atomic E-state index is 15.3. The van der Waals surface area contributed by atoms with Crippen LogP contribution in [0.4, 0.5) is 0 Å².